The maximum atomic E-state index is 9.17. The number of allylic oxidation sites excluding steroid dienone is 3. The predicted molar refractivity (Wildman–Crippen MR) is 164 cm³/mol. The first-order valence-corrected chi connectivity index (χ1v) is 14.9. The van der Waals surface area contributed by atoms with Gasteiger partial charge in [-0.15, -0.1) is 0 Å². The van der Waals surface area contributed by atoms with Crippen LogP contribution in [0, 0.1) is 28.6 Å². The van der Waals surface area contributed by atoms with Crippen molar-refractivity contribution in [2.75, 3.05) is 39.3 Å². The lowest BCUT2D eigenvalue weighted by Crippen LogP contribution is -2.29. The van der Waals surface area contributed by atoms with Crippen LogP contribution in [-0.2, 0) is 19.6 Å². The van der Waals surface area contributed by atoms with Gasteiger partial charge in [0.25, 0.3) is 0 Å². The molecule has 0 saturated heterocycles. The minimum absolute atomic E-state index is 0.0832. The molecule has 1 heterocycles. The average molecular weight is 544 g/mol. The van der Waals surface area contributed by atoms with E-state index in [1.165, 1.54) is 50.0 Å². The molecule has 0 saturated carbocycles. The van der Waals surface area contributed by atoms with Crippen LogP contribution in [0.2, 0.25) is 0 Å². The molecule has 0 fully saturated rings. The Bertz CT molecular complexity index is 1040. The monoisotopic (exact) mass is 543 g/mol. The van der Waals surface area contributed by atoms with E-state index in [1.54, 1.807) is 6.20 Å². The van der Waals surface area contributed by atoms with E-state index in [4.69, 9.17) is 10.5 Å². The van der Waals surface area contributed by atoms with Crippen molar-refractivity contribution in [3.8, 4) is 12.1 Å². The molecule has 1 aromatic heterocycles. The lowest BCUT2D eigenvalue weighted by molar-refractivity contribution is 0.239. The Morgan fingerprint density at radius 1 is 0.850 bits per heavy atom. The normalized spacial score (nSPS) is 12.6. The van der Waals surface area contributed by atoms with Gasteiger partial charge in [-0.25, -0.2) is 4.98 Å². The van der Waals surface area contributed by atoms with Crippen molar-refractivity contribution in [2.45, 2.75) is 72.5 Å². The van der Waals surface area contributed by atoms with Crippen LogP contribution in [0.3, 0.4) is 0 Å². The Morgan fingerprint density at radius 3 is 2.08 bits per heavy atom. The highest BCUT2D eigenvalue weighted by Gasteiger charge is 2.10. The van der Waals surface area contributed by atoms with Crippen LogP contribution in [0.5, 0.6) is 0 Å². The molecule has 1 atom stereocenters. The molecule has 1 N–H and O–H groups in total. The molecule has 40 heavy (non-hydrogen) atoms. The number of hydrogen-bond acceptors (Lipinski definition) is 6. The maximum Gasteiger partial charge on any atom is 0.120 e. The molecule has 0 aliphatic rings. The molecule has 7 heteroatoms. The fourth-order valence-electron chi connectivity index (χ4n) is 4.73. The summed E-state index contributed by atoms with van der Waals surface area (Å²) >= 11 is 0. The third kappa shape index (κ3) is 14.2. The number of H-pyrrole nitrogens is 1. The van der Waals surface area contributed by atoms with Crippen LogP contribution in [-0.4, -0.2) is 63.9 Å². The minimum Gasteiger partial charge on any atom is -0.348 e. The second-order valence-corrected chi connectivity index (χ2v) is 10.5. The maximum absolute atomic E-state index is 9.17. The molecule has 0 bridgehead atoms. The molecule has 1 unspecified atom stereocenters. The first-order chi connectivity index (χ1) is 19.6. The van der Waals surface area contributed by atoms with E-state index in [9.17, 15) is 0 Å². The van der Waals surface area contributed by atoms with E-state index < -0.39 is 0 Å². The highest BCUT2D eigenvalue weighted by molar-refractivity contribution is 5.23. The van der Waals surface area contributed by atoms with Gasteiger partial charge >= 0.3 is 0 Å². The van der Waals surface area contributed by atoms with Gasteiger partial charge < -0.3 is 9.88 Å². The average Bonchev–Trinajstić information content (AvgIpc) is 3.47. The second kappa shape index (κ2) is 20.6. The smallest absolute Gasteiger partial charge is 0.120 e. The van der Waals surface area contributed by atoms with E-state index in [0.717, 1.165) is 51.5 Å². The first-order valence-electron chi connectivity index (χ1n) is 14.9. The molecule has 2 aromatic rings. The number of aromatic amines is 1. The van der Waals surface area contributed by atoms with Gasteiger partial charge in [0.05, 0.1) is 24.6 Å². The molecule has 0 amide bonds. The van der Waals surface area contributed by atoms with Gasteiger partial charge in [0, 0.05) is 45.0 Å². The summed E-state index contributed by atoms with van der Waals surface area (Å²) in [6, 6.07) is 13.4. The lowest BCUT2D eigenvalue weighted by Gasteiger charge is -2.24. The SMILES string of the molecule is CCCN(CCC)CCCCN(CCC#N)Cc1ccc(CN(CC=CC=CC(C)C#N)Cc2ncc[nH]2)cc1. The molecule has 0 spiro atoms. The summed E-state index contributed by atoms with van der Waals surface area (Å²) in [5, 5.41) is 18.1. The molecule has 216 valence electrons. The fraction of sp³-hybridized carbons (Fsp3) is 0.545. The molecule has 0 aliphatic heterocycles. The Hall–Kier alpha value is -3.23. The van der Waals surface area contributed by atoms with E-state index >= 15 is 0 Å². The molecule has 0 radical (unpaired) electrons. The van der Waals surface area contributed by atoms with Crippen molar-refractivity contribution in [1.82, 2.24) is 24.7 Å². The van der Waals surface area contributed by atoms with Crippen molar-refractivity contribution in [2.24, 2.45) is 5.92 Å². The Morgan fingerprint density at radius 2 is 1.50 bits per heavy atom. The summed E-state index contributed by atoms with van der Waals surface area (Å²) in [6.45, 7) is 15.0. The predicted octanol–water partition coefficient (Wildman–Crippen LogP) is 6.30. The lowest BCUT2D eigenvalue weighted by atomic mass is 10.1. The van der Waals surface area contributed by atoms with Crippen LogP contribution < -0.4 is 0 Å². The zero-order valence-corrected chi connectivity index (χ0v) is 24.9. The first kappa shape index (κ1) is 33.0. The number of aromatic nitrogens is 2. The van der Waals surface area contributed by atoms with Gasteiger partial charge in [0.2, 0.25) is 0 Å². The second-order valence-electron chi connectivity index (χ2n) is 10.5. The van der Waals surface area contributed by atoms with Crippen molar-refractivity contribution >= 4 is 0 Å². The summed E-state index contributed by atoms with van der Waals surface area (Å²) in [6.07, 6.45) is 17.0. The van der Waals surface area contributed by atoms with E-state index in [2.05, 4.69) is 81.0 Å². The van der Waals surface area contributed by atoms with E-state index in [-0.39, 0.29) is 5.92 Å². The summed E-state index contributed by atoms with van der Waals surface area (Å²) in [4.78, 5) is 15.0. The van der Waals surface area contributed by atoms with Crippen LogP contribution in [0.25, 0.3) is 0 Å². The fourth-order valence-corrected chi connectivity index (χ4v) is 4.73. The Kier molecular flexibility index (Phi) is 17.0. The number of benzene rings is 1. The Balaban J connectivity index is 1.93. The quantitative estimate of drug-likeness (QED) is 0.147. The highest BCUT2D eigenvalue weighted by Crippen LogP contribution is 2.13. The van der Waals surface area contributed by atoms with Gasteiger partial charge in [0.15, 0.2) is 0 Å². The number of nitriles is 2. The van der Waals surface area contributed by atoms with E-state index in [0.29, 0.717) is 6.42 Å². The molecule has 7 nitrogen and oxygen atoms in total. The van der Waals surface area contributed by atoms with Gasteiger partial charge in [-0.1, -0.05) is 62.4 Å². The molecular formula is C33H49N7. The largest absolute Gasteiger partial charge is 0.348 e. The summed E-state index contributed by atoms with van der Waals surface area (Å²) in [5.41, 5.74) is 2.54. The third-order valence-electron chi connectivity index (χ3n) is 6.80. The van der Waals surface area contributed by atoms with Crippen LogP contribution in [0.15, 0.2) is 61.0 Å². The number of imidazole rings is 1. The van der Waals surface area contributed by atoms with Crippen molar-refractivity contribution < 1.29 is 0 Å². The number of nitrogens with one attached hydrogen (secondary N) is 1. The summed E-state index contributed by atoms with van der Waals surface area (Å²) in [5.74, 6) is 0.861. The summed E-state index contributed by atoms with van der Waals surface area (Å²) in [7, 11) is 0. The molecular weight excluding hydrogens is 494 g/mol. The minimum atomic E-state index is -0.0832. The number of rotatable bonds is 21. The number of nitrogens with zero attached hydrogens (tertiary/aromatic N) is 6. The number of hydrogen-bond donors (Lipinski definition) is 1. The molecule has 1 aromatic carbocycles. The zero-order chi connectivity index (χ0) is 28.8. The zero-order valence-electron chi connectivity index (χ0n) is 24.9. The topological polar surface area (TPSA) is 86.0 Å². The Labute approximate surface area is 242 Å². The van der Waals surface area contributed by atoms with Crippen LogP contribution in [0.1, 0.15) is 69.8 Å². The van der Waals surface area contributed by atoms with Crippen molar-refractivity contribution in [3.63, 3.8) is 0 Å². The van der Waals surface area contributed by atoms with E-state index in [1.807, 2.05) is 31.3 Å². The van der Waals surface area contributed by atoms with Gasteiger partial charge in [0.1, 0.15) is 5.82 Å². The van der Waals surface area contributed by atoms with Gasteiger partial charge in [-0.2, -0.15) is 10.5 Å². The molecule has 2 rings (SSSR count). The van der Waals surface area contributed by atoms with Crippen molar-refractivity contribution in [1.29, 1.82) is 10.5 Å². The van der Waals surface area contributed by atoms with Crippen molar-refractivity contribution in [3.05, 3.63) is 77.9 Å². The van der Waals surface area contributed by atoms with Crippen LogP contribution in [0.4, 0.5) is 0 Å². The third-order valence-corrected chi connectivity index (χ3v) is 6.80. The number of unbranched alkanes of at least 4 members (excludes halogenated alkanes) is 1. The highest BCUT2D eigenvalue weighted by atomic mass is 15.1. The van der Waals surface area contributed by atoms with Gasteiger partial charge in [-0.05, 0) is 69.9 Å². The van der Waals surface area contributed by atoms with Crippen LogP contribution >= 0.6 is 0 Å². The standard InChI is InChI=1S/C33H49N7/c1-4-20-38(21-5-2)22-9-10-23-39(25-11-17-34)27-31-13-15-32(16-14-31)28-40(29-33-36-18-19-37-33)24-8-6-7-12-30(3)26-35/h6-8,12-16,18-19,30H,4-5,9-11,20-25,27-29H2,1-3H3,(H,36,37). The summed E-state index contributed by atoms with van der Waals surface area (Å²) < 4.78 is 0. The van der Waals surface area contributed by atoms with Gasteiger partial charge in [-0.3, -0.25) is 9.80 Å². The molecule has 0 aliphatic carbocycles.